The summed E-state index contributed by atoms with van der Waals surface area (Å²) in [5, 5.41) is 17.7. The molecular weight excluding hydrogens is 218 g/mol. The minimum absolute atomic E-state index is 0.542. The van der Waals surface area contributed by atoms with E-state index in [1.807, 2.05) is 31.6 Å². The maximum Gasteiger partial charge on any atom is 0.0798 e. The monoisotopic (exact) mass is 241 g/mol. The van der Waals surface area contributed by atoms with E-state index in [2.05, 4.69) is 10.4 Å². The molecule has 0 bridgehead atoms. The third-order valence-electron chi connectivity index (χ3n) is 2.65. The molecule has 0 fully saturated rings. The molecule has 0 spiro atoms. The van der Waals surface area contributed by atoms with E-state index in [9.17, 15) is 5.11 Å². The first kappa shape index (κ1) is 14.2. The lowest BCUT2D eigenvalue weighted by atomic mass is 10.00. The van der Waals surface area contributed by atoms with Crippen LogP contribution in [0.2, 0.25) is 0 Å². The van der Waals surface area contributed by atoms with Crippen molar-refractivity contribution in [2.75, 3.05) is 26.8 Å². The Morgan fingerprint density at radius 3 is 2.82 bits per heavy atom. The fraction of sp³-hybridized carbons (Fsp3) is 0.750. The molecule has 0 amide bonds. The SMILES string of the molecule is COCCNCC(C)(O)Cc1cc(C)nn1C. The molecule has 1 rings (SSSR count). The average Bonchev–Trinajstić information content (AvgIpc) is 2.52. The van der Waals surface area contributed by atoms with Gasteiger partial charge in [0.05, 0.1) is 17.9 Å². The summed E-state index contributed by atoms with van der Waals surface area (Å²) in [5.74, 6) is 0. The molecule has 0 radical (unpaired) electrons. The molecule has 98 valence electrons. The number of nitrogens with zero attached hydrogens (tertiary/aromatic N) is 2. The zero-order chi connectivity index (χ0) is 12.9. The van der Waals surface area contributed by atoms with E-state index in [1.54, 1.807) is 7.11 Å². The van der Waals surface area contributed by atoms with Gasteiger partial charge in [-0.25, -0.2) is 0 Å². The maximum absolute atomic E-state index is 10.3. The first-order valence-electron chi connectivity index (χ1n) is 5.86. The van der Waals surface area contributed by atoms with Crippen molar-refractivity contribution in [1.82, 2.24) is 15.1 Å². The van der Waals surface area contributed by atoms with E-state index < -0.39 is 5.60 Å². The third-order valence-corrected chi connectivity index (χ3v) is 2.65. The first-order valence-corrected chi connectivity index (χ1v) is 5.86. The molecule has 1 heterocycles. The topological polar surface area (TPSA) is 59.3 Å². The van der Waals surface area contributed by atoms with E-state index >= 15 is 0 Å². The van der Waals surface area contributed by atoms with Crippen LogP contribution in [0.15, 0.2) is 6.07 Å². The predicted octanol–water partition coefficient (Wildman–Crippen LogP) is 0.258. The van der Waals surface area contributed by atoms with Gasteiger partial charge in [0.1, 0.15) is 0 Å². The number of hydrogen-bond donors (Lipinski definition) is 2. The van der Waals surface area contributed by atoms with Crippen LogP contribution in [-0.4, -0.2) is 47.3 Å². The van der Waals surface area contributed by atoms with Gasteiger partial charge in [0.2, 0.25) is 0 Å². The first-order chi connectivity index (χ1) is 7.94. The van der Waals surface area contributed by atoms with Crippen LogP contribution >= 0.6 is 0 Å². The van der Waals surface area contributed by atoms with Gasteiger partial charge < -0.3 is 15.2 Å². The molecule has 2 N–H and O–H groups in total. The van der Waals surface area contributed by atoms with Gasteiger partial charge in [0, 0.05) is 39.4 Å². The Morgan fingerprint density at radius 2 is 2.29 bits per heavy atom. The number of aliphatic hydroxyl groups is 1. The van der Waals surface area contributed by atoms with E-state index in [1.165, 1.54) is 0 Å². The predicted molar refractivity (Wildman–Crippen MR) is 67.0 cm³/mol. The lowest BCUT2D eigenvalue weighted by molar-refractivity contribution is 0.0563. The third kappa shape index (κ3) is 4.85. The van der Waals surface area contributed by atoms with Gasteiger partial charge in [0.15, 0.2) is 0 Å². The van der Waals surface area contributed by atoms with E-state index in [4.69, 9.17) is 4.74 Å². The molecule has 1 unspecified atom stereocenters. The van der Waals surface area contributed by atoms with Gasteiger partial charge in [0.25, 0.3) is 0 Å². The maximum atomic E-state index is 10.3. The van der Waals surface area contributed by atoms with Crippen LogP contribution < -0.4 is 5.32 Å². The summed E-state index contributed by atoms with van der Waals surface area (Å²) in [6.45, 7) is 5.72. The summed E-state index contributed by atoms with van der Waals surface area (Å²) in [5.41, 5.74) is 1.25. The highest BCUT2D eigenvalue weighted by Gasteiger charge is 2.22. The van der Waals surface area contributed by atoms with Crippen molar-refractivity contribution >= 4 is 0 Å². The molecule has 1 aromatic heterocycles. The Labute approximate surface area is 103 Å². The lowest BCUT2D eigenvalue weighted by Crippen LogP contribution is -2.41. The second-order valence-electron chi connectivity index (χ2n) is 4.74. The minimum Gasteiger partial charge on any atom is -0.388 e. The van der Waals surface area contributed by atoms with E-state index in [0.29, 0.717) is 19.6 Å². The summed E-state index contributed by atoms with van der Waals surface area (Å²) in [7, 11) is 3.56. The Morgan fingerprint density at radius 1 is 1.59 bits per heavy atom. The summed E-state index contributed by atoms with van der Waals surface area (Å²) >= 11 is 0. The molecule has 0 saturated carbocycles. The minimum atomic E-state index is -0.770. The van der Waals surface area contributed by atoms with Crippen molar-refractivity contribution in [1.29, 1.82) is 0 Å². The average molecular weight is 241 g/mol. The van der Waals surface area contributed by atoms with Gasteiger partial charge in [-0.1, -0.05) is 0 Å². The van der Waals surface area contributed by atoms with Crippen LogP contribution in [0.3, 0.4) is 0 Å². The van der Waals surface area contributed by atoms with Crippen molar-refractivity contribution in [3.63, 3.8) is 0 Å². The quantitative estimate of drug-likeness (QED) is 0.672. The summed E-state index contributed by atoms with van der Waals surface area (Å²) in [6.07, 6.45) is 0.588. The summed E-state index contributed by atoms with van der Waals surface area (Å²) in [6, 6.07) is 2.00. The molecule has 1 aromatic rings. The fourth-order valence-corrected chi connectivity index (χ4v) is 1.81. The van der Waals surface area contributed by atoms with Crippen LogP contribution in [0, 0.1) is 6.92 Å². The summed E-state index contributed by atoms with van der Waals surface area (Å²) in [4.78, 5) is 0. The highest BCUT2D eigenvalue weighted by atomic mass is 16.5. The number of aromatic nitrogens is 2. The van der Waals surface area contributed by atoms with Crippen molar-refractivity contribution in [2.24, 2.45) is 7.05 Å². The van der Waals surface area contributed by atoms with Crippen LogP contribution in [0.25, 0.3) is 0 Å². The lowest BCUT2D eigenvalue weighted by Gasteiger charge is -2.23. The van der Waals surface area contributed by atoms with Gasteiger partial charge >= 0.3 is 0 Å². The molecule has 0 aliphatic rings. The Balaban J connectivity index is 2.45. The van der Waals surface area contributed by atoms with E-state index in [0.717, 1.165) is 17.9 Å². The van der Waals surface area contributed by atoms with Gasteiger partial charge in [-0.2, -0.15) is 5.10 Å². The zero-order valence-electron chi connectivity index (χ0n) is 11.2. The van der Waals surface area contributed by atoms with Crippen LogP contribution in [-0.2, 0) is 18.2 Å². The highest BCUT2D eigenvalue weighted by Crippen LogP contribution is 2.12. The molecule has 0 aromatic carbocycles. The van der Waals surface area contributed by atoms with Crippen LogP contribution in [0.5, 0.6) is 0 Å². The molecule has 0 aliphatic heterocycles. The molecule has 17 heavy (non-hydrogen) atoms. The van der Waals surface area contributed by atoms with Crippen molar-refractivity contribution in [3.05, 3.63) is 17.5 Å². The number of nitrogens with one attached hydrogen (secondary N) is 1. The Kier molecular flexibility index (Phi) is 5.11. The van der Waals surface area contributed by atoms with Crippen LogP contribution in [0.4, 0.5) is 0 Å². The Bertz CT molecular complexity index is 348. The second-order valence-corrected chi connectivity index (χ2v) is 4.74. The zero-order valence-corrected chi connectivity index (χ0v) is 11.2. The smallest absolute Gasteiger partial charge is 0.0798 e. The summed E-state index contributed by atoms with van der Waals surface area (Å²) < 4.78 is 6.76. The van der Waals surface area contributed by atoms with Crippen molar-refractivity contribution in [2.45, 2.75) is 25.9 Å². The van der Waals surface area contributed by atoms with Gasteiger partial charge in [-0.05, 0) is 19.9 Å². The molecule has 1 atom stereocenters. The number of aryl methyl sites for hydroxylation is 2. The number of methoxy groups -OCH3 is 1. The van der Waals surface area contributed by atoms with Crippen molar-refractivity contribution < 1.29 is 9.84 Å². The normalized spacial score (nSPS) is 14.9. The largest absolute Gasteiger partial charge is 0.388 e. The second kappa shape index (κ2) is 6.14. The molecular formula is C12H23N3O2. The van der Waals surface area contributed by atoms with Crippen molar-refractivity contribution in [3.8, 4) is 0 Å². The number of hydrogen-bond acceptors (Lipinski definition) is 4. The molecule has 5 nitrogen and oxygen atoms in total. The fourth-order valence-electron chi connectivity index (χ4n) is 1.81. The Hall–Kier alpha value is -0.910. The van der Waals surface area contributed by atoms with Gasteiger partial charge in [-0.3, -0.25) is 4.68 Å². The van der Waals surface area contributed by atoms with Gasteiger partial charge in [-0.15, -0.1) is 0 Å². The molecule has 0 saturated heterocycles. The number of rotatable bonds is 7. The van der Waals surface area contributed by atoms with Crippen LogP contribution in [0.1, 0.15) is 18.3 Å². The standard InChI is InChI=1S/C12H23N3O2/c1-10-7-11(15(3)14-10)8-12(2,16)9-13-5-6-17-4/h7,13,16H,5-6,8-9H2,1-4H3. The molecule has 5 heteroatoms. The number of ether oxygens (including phenoxy) is 1. The highest BCUT2D eigenvalue weighted by molar-refractivity contribution is 5.11. The molecule has 0 aliphatic carbocycles. The van der Waals surface area contributed by atoms with E-state index in [-0.39, 0.29) is 0 Å².